The van der Waals surface area contributed by atoms with Crippen LogP contribution in [0.1, 0.15) is 90.2 Å². The molecule has 0 amide bonds. The summed E-state index contributed by atoms with van der Waals surface area (Å²) >= 11 is 2.66. The van der Waals surface area contributed by atoms with Crippen molar-refractivity contribution in [3.8, 4) is 0 Å². The number of fused-ring (bicyclic) bond motifs is 9. The number of allylic oxidation sites excluding steroid dienone is 2. The van der Waals surface area contributed by atoms with E-state index in [-0.39, 0.29) is 29.0 Å². The van der Waals surface area contributed by atoms with Crippen LogP contribution in [0.15, 0.2) is 112 Å². The number of aliphatic hydroxyl groups is 2. The highest BCUT2D eigenvalue weighted by Crippen LogP contribution is 2.59. The summed E-state index contributed by atoms with van der Waals surface area (Å²) in [5.74, 6) is -0.274. The number of rotatable bonds is 8. The lowest BCUT2D eigenvalue weighted by Gasteiger charge is -2.46. The molecule has 266 valence electrons. The Morgan fingerprint density at radius 2 is 1.75 bits per heavy atom. The first kappa shape index (κ1) is 35.9. The van der Waals surface area contributed by atoms with Gasteiger partial charge in [0, 0.05) is 28.8 Å². The van der Waals surface area contributed by atoms with Crippen molar-refractivity contribution in [2.45, 2.75) is 87.2 Å². The molecule has 0 unspecified atom stereocenters. The van der Waals surface area contributed by atoms with Gasteiger partial charge in [0.2, 0.25) is 5.78 Å². The molecule has 0 radical (unpaired) electrons. The predicted molar refractivity (Wildman–Crippen MR) is 207 cm³/mol. The van der Waals surface area contributed by atoms with Crippen LogP contribution in [0.3, 0.4) is 0 Å². The van der Waals surface area contributed by atoms with E-state index < -0.39 is 27.1 Å². The molecule has 3 aliphatic rings. The molecule has 9 heteroatoms. The zero-order chi connectivity index (χ0) is 35.8. The van der Waals surface area contributed by atoms with Crippen LogP contribution in [0.2, 0.25) is 0 Å². The summed E-state index contributed by atoms with van der Waals surface area (Å²) in [6, 6.07) is 28.9. The van der Waals surface area contributed by atoms with E-state index in [0.717, 1.165) is 33.2 Å². The molecule has 2 heterocycles. The summed E-state index contributed by atoms with van der Waals surface area (Å²) in [7, 11) is -3.93. The Labute approximate surface area is 309 Å². The Bertz CT molecular complexity index is 2120. The van der Waals surface area contributed by atoms with Gasteiger partial charge in [0.15, 0.2) is 0 Å². The molecule has 51 heavy (non-hydrogen) atoms. The topological polar surface area (TPSA) is 94.9 Å². The zero-order valence-electron chi connectivity index (χ0n) is 29.1. The van der Waals surface area contributed by atoms with Gasteiger partial charge in [-0.2, -0.15) is 4.31 Å². The molecule has 2 N–H and O–H groups in total. The molecular formula is C42H45NO5S3. The van der Waals surface area contributed by atoms with Crippen LogP contribution < -0.4 is 0 Å². The predicted octanol–water partition coefficient (Wildman–Crippen LogP) is 9.12. The van der Waals surface area contributed by atoms with E-state index >= 15 is 0 Å². The molecule has 6 nitrogen and oxygen atoms in total. The van der Waals surface area contributed by atoms with Crippen molar-refractivity contribution in [1.29, 1.82) is 0 Å². The van der Waals surface area contributed by atoms with Gasteiger partial charge in [0.25, 0.3) is 10.0 Å². The number of aliphatic hydroxyl groups excluding tert-OH is 1. The highest BCUT2D eigenvalue weighted by Gasteiger charge is 2.58. The van der Waals surface area contributed by atoms with Gasteiger partial charge in [-0.25, -0.2) is 8.42 Å². The number of hydrogen-bond acceptors (Lipinski definition) is 7. The number of thiophene rings is 2. The van der Waals surface area contributed by atoms with Gasteiger partial charge < -0.3 is 10.2 Å². The van der Waals surface area contributed by atoms with Gasteiger partial charge in [-0.15, -0.1) is 22.7 Å². The summed E-state index contributed by atoms with van der Waals surface area (Å²) in [5, 5.41) is 26.8. The lowest BCUT2D eigenvalue weighted by atomic mass is 9.65. The van der Waals surface area contributed by atoms with Crippen molar-refractivity contribution in [3.63, 3.8) is 0 Å². The van der Waals surface area contributed by atoms with Crippen molar-refractivity contribution in [1.82, 2.24) is 4.31 Å². The summed E-state index contributed by atoms with van der Waals surface area (Å²) in [6.07, 6.45) is 5.76. The molecule has 1 saturated carbocycles. The standard InChI is InChI=1S/C42H45NO5S3/c1-29-10-8-21-41(2)36(20-22-42(41,46)28-43(27-30-11-4-3-5-12-30)51(47,48)39-15-9-23-49-39)34-19-17-31(24-33(44)18-16-29)25-35(34)40(45)38-26-32-13-6-7-14-37(32)50-38/h3-7,9-15,17,19,23,25-26,33,36,44,46H,8,16,18,20-22,24,27-28H2,1-2H3/t33-,36-,41-,42+/m0/s1. The molecule has 4 atom stereocenters. The van der Waals surface area contributed by atoms with Crippen LogP contribution in [-0.2, 0) is 23.0 Å². The normalized spacial score (nSPS) is 24.4. The van der Waals surface area contributed by atoms with Gasteiger partial charge in [-0.05, 0) is 110 Å². The largest absolute Gasteiger partial charge is 0.393 e. The molecule has 2 bridgehead atoms. The number of benzene rings is 3. The number of carbonyl (C=O) groups is 1. The Kier molecular flexibility index (Phi) is 10.2. The maximum absolute atomic E-state index is 14.6. The van der Waals surface area contributed by atoms with Crippen LogP contribution in [0.4, 0.5) is 0 Å². The summed E-state index contributed by atoms with van der Waals surface area (Å²) in [4.78, 5) is 15.2. The number of hydrogen-bond donors (Lipinski definition) is 2. The number of sulfonamides is 1. The molecule has 0 saturated heterocycles. The third-order valence-corrected chi connectivity index (χ3v) is 15.6. The fraction of sp³-hybridized carbons (Fsp3) is 0.357. The Balaban J connectivity index is 1.33. The van der Waals surface area contributed by atoms with Crippen LogP contribution in [0.5, 0.6) is 0 Å². The molecule has 5 aromatic rings. The molecule has 1 fully saturated rings. The fourth-order valence-corrected chi connectivity index (χ4v) is 11.9. The van der Waals surface area contributed by atoms with Crippen molar-refractivity contribution in [3.05, 3.63) is 135 Å². The van der Waals surface area contributed by atoms with Crippen LogP contribution in [-0.4, -0.2) is 47.0 Å². The fourth-order valence-electron chi connectivity index (χ4n) is 8.27. The molecule has 0 aliphatic heterocycles. The summed E-state index contributed by atoms with van der Waals surface area (Å²) in [6.45, 7) is 4.26. The van der Waals surface area contributed by atoms with E-state index in [1.807, 2.05) is 78.9 Å². The van der Waals surface area contributed by atoms with Gasteiger partial charge >= 0.3 is 0 Å². The molecule has 8 rings (SSSR count). The third-order valence-electron chi connectivity index (χ3n) is 11.3. The third kappa shape index (κ3) is 7.17. The zero-order valence-corrected chi connectivity index (χ0v) is 31.6. The molecule has 3 aromatic carbocycles. The number of nitrogens with zero attached hydrogens (tertiary/aromatic N) is 1. The van der Waals surface area contributed by atoms with Crippen LogP contribution in [0, 0.1) is 5.41 Å². The van der Waals surface area contributed by atoms with E-state index in [4.69, 9.17) is 0 Å². The van der Waals surface area contributed by atoms with Crippen molar-refractivity contribution in [2.24, 2.45) is 5.41 Å². The van der Waals surface area contributed by atoms with E-state index in [2.05, 4.69) is 19.9 Å². The SMILES string of the molecule is CC1=CCC[C@@]2(C)[C@@H](CC[C@@]2(O)CN(Cc2ccccc2)S(=O)(=O)c2cccs2)c2ccc(cc2C(=O)c2cc3ccccc3s2)C[C@@H](O)CC1. The average Bonchev–Trinajstić information content (AvgIpc) is 3.87. The Morgan fingerprint density at radius 3 is 2.51 bits per heavy atom. The van der Waals surface area contributed by atoms with Crippen molar-refractivity contribution < 1.29 is 23.4 Å². The maximum atomic E-state index is 14.6. The van der Waals surface area contributed by atoms with Gasteiger partial charge in [0.1, 0.15) is 4.21 Å². The van der Waals surface area contributed by atoms with Crippen LogP contribution in [0.25, 0.3) is 10.1 Å². The van der Waals surface area contributed by atoms with E-state index in [9.17, 15) is 23.4 Å². The average molecular weight is 740 g/mol. The second-order valence-corrected chi connectivity index (χ2v) is 18.8. The number of ketones is 1. The first-order valence-corrected chi connectivity index (χ1v) is 20.9. The second kappa shape index (κ2) is 14.5. The minimum absolute atomic E-state index is 0.0610. The monoisotopic (exact) mass is 739 g/mol. The minimum Gasteiger partial charge on any atom is -0.393 e. The number of carbonyl (C=O) groups excluding carboxylic acids is 1. The summed E-state index contributed by atoms with van der Waals surface area (Å²) < 4.78 is 31.3. The van der Waals surface area contributed by atoms with Gasteiger partial charge in [-0.1, -0.05) is 85.3 Å². The molecule has 2 aromatic heterocycles. The second-order valence-electron chi connectivity index (χ2n) is 14.6. The quantitative estimate of drug-likeness (QED) is 0.122. The minimum atomic E-state index is -3.93. The Morgan fingerprint density at radius 1 is 0.961 bits per heavy atom. The van der Waals surface area contributed by atoms with Crippen molar-refractivity contribution in [2.75, 3.05) is 6.54 Å². The van der Waals surface area contributed by atoms with Crippen molar-refractivity contribution >= 4 is 48.6 Å². The lowest BCUT2D eigenvalue weighted by Crippen LogP contribution is -2.53. The first-order chi connectivity index (χ1) is 24.5. The maximum Gasteiger partial charge on any atom is 0.252 e. The molecule has 3 aliphatic carbocycles. The van der Waals surface area contributed by atoms with Crippen LogP contribution >= 0.6 is 22.7 Å². The highest BCUT2D eigenvalue weighted by atomic mass is 32.2. The summed E-state index contributed by atoms with van der Waals surface area (Å²) in [5.41, 5.74) is 2.26. The Hall–Kier alpha value is -3.44. The highest BCUT2D eigenvalue weighted by molar-refractivity contribution is 7.91. The molecular weight excluding hydrogens is 695 g/mol. The van der Waals surface area contributed by atoms with E-state index in [1.165, 1.54) is 32.6 Å². The molecule has 0 spiro atoms. The lowest BCUT2D eigenvalue weighted by molar-refractivity contribution is -0.0731. The van der Waals surface area contributed by atoms with E-state index in [0.29, 0.717) is 49.0 Å². The van der Waals surface area contributed by atoms with E-state index in [1.54, 1.807) is 17.5 Å². The smallest absolute Gasteiger partial charge is 0.252 e. The van der Waals surface area contributed by atoms with Gasteiger partial charge in [-0.3, -0.25) is 4.79 Å². The van der Waals surface area contributed by atoms with Gasteiger partial charge in [0.05, 0.1) is 16.6 Å². The first-order valence-electron chi connectivity index (χ1n) is 17.8.